The summed E-state index contributed by atoms with van der Waals surface area (Å²) in [5.41, 5.74) is 0.407. The zero-order valence-corrected chi connectivity index (χ0v) is 11.3. The number of benzene rings is 1. The van der Waals surface area contributed by atoms with E-state index in [4.69, 9.17) is 0 Å². The summed E-state index contributed by atoms with van der Waals surface area (Å²) in [7, 11) is -3.49. The molecular weight excluding hydrogens is 266 g/mol. The van der Waals surface area contributed by atoms with Crippen LogP contribution in [0.3, 0.4) is 0 Å². The molecule has 0 saturated heterocycles. The molecule has 0 aliphatic carbocycles. The number of carbonyl (C=O) groups excluding carboxylic acids is 1. The van der Waals surface area contributed by atoms with Crippen molar-refractivity contribution < 1.29 is 17.4 Å². The summed E-state index contributed by atoms with van der Waals surface area (Å²) in [5.74, 6) is 5.79. The van der Waals surface area contributed by atoms with Gasteiger partial charge in [0.1, 0.15) is 5.75 Å². The average molecular weight is 280 g/mol. The van der Waals surface area contributed by atoms with E-state index in [1.807, 2.05) is 0 Å². The molecule has 1 rings (SSSR count). The van der Waals surface area contributed by atoms with E-state index < -0.39 is 10.1 Å². The Morgan fingerprint density at radius 1 is 1.26 bits per heavy atom. The van der Waals surface area contributed by atoms with Crippen molar-refractivity contribution in [2.24, 2.45) is 4.99 Å². The molecule has 0 atom stereocenters. The minimum absolute atomic E-state index is 0.0318. The number of aliphatic imine (C=N–C) groups is 1. The van der Waals surface area contributed by atoms with E-state index in [1.54, 1.807) is 6.92 Å². The lowest BCUT2D eigenvalue weighted by Crippen LogP contribution is -2.10. The van der Waals surface area contributed by atoms with Crippen LogP contribution >= 0.6 is 0 Å². The second-order valence-electron chi connectivity index (χ2n) is 3.63. The number of unbranched alkanes of at least 4 members (excludes halogenated alkanes) is 1. The van der Waals surface area contributed by atoms with Crippen LogP contribution in [0.5, 0.6) is 5.75 Å². The Kier molecular flexibility index (Phi) is 5.80. The molecule has 0 unspecified atom stereocenters. The Bertz CT molecular complexity index is 617. The van der Waals surface area contributed by atoms with Crippen LogP contribution in [0.1, 0.15) is 19.8 Å². The summed E-state index contributed by atoms with van der Waals surface area (Å²) in [5, 5.41) is 0. The van der Waals surface area contributed by atoms with Gasteiger partial charge >= 0.3 is 10.1 Å². The van der Waals surface area contributed by atoms with Crippen molar-refractivity contribution in [1.29, 1.82) is 0 Å². The molecule has 0 aromatic heterocycles. The molecule has 5 nitrogen and oxygen atoms in total. The van der Waals surface area contributed by atoms with Crippen LogP contribution in [0.25, 0.3) is 0 Å². The largest absolute Gasteiger partial charge is 0.474 e. The Morgan fingerprint density at radius 2 is 1.95 bits per heavy atom. The molecule has 0 amide bonds. The fraction of sp³-hybridized carbons (Fsp3) is 0.308. The van der Waals surface area contributed by atoms with Crippen LogP contribution in [-0.4, -0.2) is 24.4 Å². The lowest BCUT2D eigenvalue weighted by atomic mass is 10.3. The lowest BCUT2D eigenvalue weighted by Gasteiger charge is -2.03. The third kappa shape index (κ3) is 5.87. The standard InChI is InChI=1S/C13H13NO4S/c1-2-3-4-5-10-19(16,17)18-13-8-6-12(7-9-13)14-11-15/h6-9H,4-5,10H2,1H3/p+1. The number of aromatic hydroxyl groups is 1. The third-order valence-corrected chi connectivity index (χ3v) is 3.44. The average Bonchev–Trinajstić information content (AvgIpc) is 2.37. The van der Waals surface area contributed by atoms with Gasteiger partial charge < -0.3 is 4.18 Å². The van der Waals surface area contributed by atoms with E-state index in [2.05, 4.69) is 21.0 Å². The van der Waals surface area contributed by atoms with Gasteiger partial charge in [-0.2, -0.15) is 4.99 Å². The van der Waals surface area contributed by atoms with Gasteiger partial charge in [-0.1, -0.05) is 0 Å². The van der Waals surface area contributed by atoms with Crippen molar-refractivity contribution in [3.05, 3.63) is 24.3 Å². The molecule has 0 fully saturated rings. The van der Waals surface area contributed by atoms with Gasteiger partial charge in [-0.05, 0) is 25.5 Å². The zero-order valence-electron chi connectivity index (χ0n) is 10.5. The molecule has 0 bridgehead atoms. The van der Waals surface area contributed by atoms with Crippen LogP contribution in [-0.2, 0) is 14.9 Å². The Balaban J connectivity index is 2.61. The van der Waals surface area contributed by atoms with Crippen molar-refractivity contribution in [3.63, 3.8) is 0 Å². The second kappa shape index (κ2) is 7.37. The van der Waals surface area contributed by atoms with E-state index >= 15 is 0 Å². The summed E-state index contributed by atoms with van der Waals surface area (Å²) in [6, 6.07) is 5.97. The van der Waals surface area contributed by atoms with E-state index in [9.17, 15) is 13.2 Å². The summed E-state index contributed by atoms with van der Waals surface area (Å²) < 4.78 is 27.0. The van der Waals surface area contributed by atoms with Crippen molar-refractivity contribution in [1.82, 2.24) is 0 Å². The van der Waals surface area contributed by atoms with Crippen molar-refractivity contribution in [2.75, 3.05) is 5.75 Å². The number of rotatable bonds is 6. The van der Waals surface area contributed by atoms with Gasteiger partial charge in [0.2, 0.25) is 6.08 Å². The van der Waals surface area contributed by atoms with Crippen LogP contribution in [0.15, 0.2) is 29.3 Å². The molecule has 0 radical (unpaired) electrons. The van der Waals surface area contributed by atoms with Gasteiger partial charge in [0.15, 0.2) is 0 Å². The van der Waals surface area contributed by atoms with Gasteiger partial charge in [0.05, 0.1) is 5.69 Å². The molecule has 0 saturated carbocycles. The molecule has 1 aromatic rings. The summed E-state index contributed by atoms with van der Waals surface area (Å²) >= 11 is 0. The SMILES string of the molecule is CC#CCCCS(=O)(=O)[OH+]c1ccc(N=C=O)cc1. The highest BCUT2D eigenvalue weighted by atomic mass is 32.2. The first-order valence-corrected chi connectivity index (χ1v) is 7.21. The molecule has 0 spiro atoms. The van der Waals surface area contributed by atoms with Gasteiger partial charge in [-0.15, -0.1) is 20.3 Å². The highest BCUT2D eigenvalue weighted by molar-refractivity contribution is 7.86. The van der Waals surface area contributed by atoms with Crippen LogP contribution in [0.4, 0.5) is 5.69 Å². The fourth-order valence-corrected chi connectivity index (χ4v) is 2.36. The molecule has 19 heavy (non-hydrogen) atoms. The van der Waals surface area contributed by atoms with Crippen molar-refractivity contribution in [3.8, 4) is 17.6 Å². The third-order valence-electron chi connectivity index (χ3n) is 2.15. The maximum absolute atomic E-state index is 11.7. The number of hydrogen-bond donors (Lipinski definition) is 0. The van der Waals surface area contributed by atoms with Crippen LogP contribution in [0.2, 0.25) is 0 Å². The topological polar surface area (TPSA) is 76.4 Å². The lowest BCUT2D eigenvalue weighted by molar-refractivity contribution is 0.282. The van der Waals surface area contributed by atoms with Gasteiger partial charge in [0.25, 0.3) is 5.75 Å². The van der Waals surface area contributed by atoms with Gasteiger partial charge in [0, 0.05) is 18.6 Å². The number of hydrogen-bond acceptors (Lipinski definition) is 4. The Hall–Kier alpha value is -2.09. The maximum Gasteiger partial charge on any atom is 0.416 e. The predicted octanol–water partition coefficient (Wildman–Crippen LogP) is 2.03. The molecule has 0 aliphatic heterocycles. The van der Waals surface area contributed by atoms with E-state index in [0.717, 1.165) is 0 Å². The van der Waals surface area contributed by atoms with E-state index in [-0.39, 0.29) is 5.75 Å². The van der Waals surface area contributed by atoms with Gasteiger partial charge in [-0.25, -0.2) is 4.79 Å². The van der Waals surface area contributed by atoms with E-state index in [1.165, 1.54) is 30.3 Å². The highest BCUT2D eigenvalue weighted by Gasteiger charge is 2.17. The van der Waals surface area contributed by atoms with Crippen LogP contribution < -0.4 is 0 Å². The van der Waals surface area contributed by atoms with Crippen LogP contribution in [0, 0.1) is 11.8 Å². The molecule has 1 aromatic carbocycles. The monoisotopic (exact) mass is 280 g/mol. The summed E-state index contributed by atoms with van der Waals surface area (Å²) in [6.45, 7) is 1.71. The first kappa shape index (κ1) is 15.0. The molecule has 0 heterocycles. The Morgan fingerprint density at radius 3 is 2.53 bits per heavy atom. The number of nitrogens with zero attached hydrogens (tertiary/aromatic N) is 1. The molecule has 1 N–H and O–H groups in total. The van der Waals surface area contributed by atoms with Gasteiger partial charge in [-0.3, -0.25) is 0 Å². The summed E-state index contributed by atoms with van der Waals surface area (Å²) in [4.78, 5) is 13.4. The first-order valence-electron chi connectivity index (χ1n) is 5.60. The Labute approximate surface area is 112 Å². The smallest absolute Gasteiger partial charge is 0.416 e. The van der Waals surface area contributed by atoms with E-state index in [0.29, 0.717) is 24.3 Å². The molecular formula is C13H14NO4S+. The van der Waals surface area contributed by atoms with Crippen molar-refractivity contribution >= 4 is 21.9 Å². The second-order valence-corrected chi connectivity index (χ2v) is 5.38. The quantitative estimate of drug-likeness (QED) is 0.152. The molecule has 0 aliphatic rings. The fourth-order valence-electron chi connectivity index (χ4n) is 1.31. The minimum Gasteiger partial charge on any atom is -0.474 e. The maximum atomic E-state index is 11.7. The first-order chi connectivity index (χ1) is 9.07. The summed E-state index contributed by atoms with van der Waals surface area (Å²) in [6.07, 6.45) is 2.40. The minimum atomic E-state index is -3.49. The highest BCUT2D eigenvalue weighted by Crippen LogP contribution is 2.20. The number of isocyanates is 1. The normalized spacial score (nSPS) is 9.95. The molecule has 6 heteroatoms. The zero-order chi connectivity index (χ0) is 14.1. The van der Waals surface area contributed by atoms with Crippen molar-refractivity contribution in [2.45, 2.75) is 19.8 Å². The molecule has 100 valence electrons. The predicted molar refractivity (Wildman–Crippen MR) is 72.4 cm³/mol.